The number of hydrogen-bond acceptors (Lipinski definition) is 7. The Morgan fingerprint density at radius 3 is 2.90 bits per heavy atom. The summed E-state index contributed by atoms with van der Waals surface area (Å²) in [6.07, 6.45) is 1.31. The van der Waals surface area contributed by atoms with Gasteiger partial charge in [0.15, 0.2) is 5.16 Å². The molecule has 0 radical (unpaired) electrons. The van der Waals surface area contributed by atoms with Crippen LogP contribution >= 0.6 is 11.8 Å². The summed E-state index contributed by atoms with van der Waals surface area (Å²) in [5.41, 5.74) is 6.09. The lowest BCUT2D eigenvalue weighted by molar-refractivity contribution is -0.113. The summed E-state index contributed by atoms with van der Waals surface area (Å²) in [6, 6.07) is 8.29. The van der Waals surface area contributed by atoms with Gasteiger partial charge in [0.1, 0.15) is 23.2 Å². The maximum atomic E-state index is 11.8. The third kappa shape index (κ3) is 3.84. The number of phenolic OH excluding ortho intramolecular Hbond substituents is 1. The van der Waals surface area contributed by atoms with E-state index in [4.69, 9.17) is 11.0 Å². The maximum absolute atomic E-state index is 11.8. The van der Waals surface area contributed by atoms with Gasteiger partial charge in [-0.15, -0.1) is 0 Å². The van der Waals surface area contributed by atoms with E-state index in [9.17, 15) is 9.90 Å². The molecule has 1 heterocycles. The third-order valence-electron chi connectivity index (χ3n) is 2.43. The van der Waals surface area contributed by atoms with Gasteiger partial charge in [0.05, 0.1) is 17.6 Å². The predicted octanol–water partition coefficient (Wildman–Crippen LogP) is 1.37. The third-order valence-corrected chi connectivity index (χ3v) is 3.29. The molecule has 2 rings (SSSR count). The molecule has 0 bridgehead atoms. The van der Waals surface area contributed by atoms with Gasteiger partial charge < -0.3 is 16.2 Å². The number of aromatic hydroxyl groups is 1. The van der Waals surface area contributed by atoms with Gasteiger partial charge in [-0.1, -0.05) is 23.9 Å². The fourth-order valence-corrected chi connectivity index (χ4v) is 2.05. The minimum atomic E-state index is -0.312. The average molecular weight is 301 g/mol. The number of carbonyl (C=O) groups excluding carboxylic acids is 1. The summed E-state index contributed by atoms with van der Waals surface area (Å²) >= 11 is 1.08. The molecular weight excluding hydrogens is 290 g/mol. The quantitative estimate of drug-likeness (QED) is 0.442. The van der Waals surface area contributed by atoms with Gasteiger partial charge >= 0.3 is 0 Å². The highest BCUT2D eigenvalue weighted by Gasteiger charge is 2.09. The molecule has 21 heavy (non-hydrogen) atoms. The van der Waals surface area contributed by atoms with Crippen molar-refractivity contribution in [3.8, 4) is 11.8 Å². The van der Waals surface area contributed by atoms with Crippen LogP contribution in [0, 0.1) is 11.3 Å². The van der Waals surface area contributed by atoms with Crippen LogP contribution in [0.25, 0.3) is 0 Å². The van der Waals surface area contributed by atoms with Crippen molar-refractivity contribution >= 4 is 29.2 Å². The van der Waals surface area contributed by atoms with E-state index in [1.807, 2.05) is 6.07 Å². The highest BCUT2D eigenvalue weighted by Crippen LogP contribution is 2.22. The zero-order valence-corrected chi connectivity index (χ0v) is 11.6. The molecule has 0 spiro atoms. The van der Waals surface area contributed by atoms with Gasteiger partial charge in [0.25, 0.3) is 0 Å². The first-order valence-electron chi connectivity index (χ1n) is 5.83. The Hall–Kier alpha value is -2.79. The molecule has 0 aliphatic rings. The molecule has 7 nitrogen and oxygen atoms in total. The van der Waals surface area contributed by atoms with Gasteiger partial charge in [-0.3, -0.25) is 4.79 Å². The number of hydrogen-bond donors (Lipinski definition) is 3. The molecule has 0 atom stereocenters. The monoisotopic (exact) mass is 301 g/mol. The SMILES string of the molecule is N#Cc1cnc(SCC(=O)Nc2ccccc2O)nc1N. The average Bonchev–Trinajstić information content (AvgIpc) is 2.48. The van der Waals surface area contributed by atoms with E-state index >= 15 is 0 Å². The van der Waals surface area contributed by atoms with Crippen LogP contribution < -0.4 is 11.1 Å². The standard InChI is InChI=1S/C13H11N5O2S/c14-5-8-6-16-13(18-12(8)15)21-7-11(20)17-9-3-1-2-4-10(9)19/h1-4,6,19H,7H2,(H,17,20)(H2,15,16,18). The molecule has 8 heteroatoms. The number of aromatic nitrogens is 2. The number of nitrogen functional groups attached to an aromatic ring is 1. The topological polar surface area (TPSA) is 125 Å². The fourth-order valence-electron chi connectivity index (χ4n) is 1.43. The zero-order valence-electron chi connectivity index (χ0n) is 10.8. The minimum absolute atomic E-state index is 0.00489. The summed E-state index contributed by atoms with van der Waals surface area (Å²) in [5, 5.41) is 21.1. The molecule has 0 unspecified atom stereocenters. The van der Waals surface area contributed by atoms with E-state index in [0.717, 1.165) is 11.8 Å². The largest absolute Gasteiger partial charge is 0.506 e. The predicted molar refractivity (Wildman–Crippen MR) is 78.6 cm³/mol. The van der Waals surface area contributed by atoms with Crippen LogP contribution in [0.5, 0.6) is 5.75 Å². The van der Waals surface area contributed by atoms with E-state index in [-0.39, 0.29) is 28.8 Å². The molecule has 4 N–H and O–H groups in total. The summed E-state index contributed by atoms with van der Waals surface area (Å²) in [6.45, 7) is 0. The Balaban J connectivity index is 1.94. The summed E-state index contributed by atoms with van der Waals surface area (Å²) < 4.78 is 0. The number of nitrogens with two attached hydrogens (primary N) is 1. The van der Waals surface area contributed by atoms with Crippen LogP contribution in [0.4, 0.5) is 11.5 Å². The smallest absolute Gasteiger partial charge is 0.234 e. The van der Waals surface area contributed by atoms with Crippen molar-refractivity contribution in [3.05, 3.63) is 36.0 Å². The summed E-state index contributed by atoms with van der Waals surface area (Å²) in [7, 11) is 0. The van der Waals surface area contributed by atoms with Crippen molar-refractivity contribution in [3.63, 3.8) is 0 Å². The van der Waals surface area contributed by atoms with E-state index in [0.29, 0.717) is 10.8 Å². The van der Waals surface area contributed by atoms with Crippen molar-refractivity contribution in [1.82, 2.24) is 9.97 Å². The van der Waals surface area contributed by atoms with Crippen molar-refractivity contribution in [2.75, 3.05) is 16.8 Å². The van der Waals surface area contributed by atoms with E-state index < -0.39 is 0 Å². The second-order valence-corrected chi connectivity index (χ2v) is 4.86. The Labute approximate surface area is 124 Å². The van der Waals surface area contributed by atoms with Gasteiger partial charge in [0, 0.05) is 0 Å². The number of rotatable bonds is 4. The van der Waals surface area contributed by atoms with Crippen LogP contribution in [-0.4, -0.2) is 26.7 Å². The molecule has 0 saturated carbocycles. The number of nitriles is 1. The van der Waals surface area contributed by atoms with Gasteiger partial charge in [-0.25, -0.2) is 9.97 Å². The molecule has 2 aromatic rings. The van der Waals surface area contributed by atoms with Crippen molar-refractivity contribution < 1.29 is 9.90 Å². The summed E-state index contributed by atoms with van der Waals surface area (Å²) in [5.74, 6) is -0.182. The number of amides is 1. The number of benzene rings is 1. The first-order valence-corrected chi connectivity index (χ1v) is 6.82. The number of thioether (sulfide) groups is 1. The lowest BCUT2D eigenvalue weighted by Crippen LogP contribution is -2.14. The lowest BCUT2D eigenvalue weighted by atomic mass is 10.3. The fraction of sp³-hybridized carbons (Fsp3) is 0.0769. The Morgan fingerprint density at radius 1 is 1.48 bits per heavy atom. The molecule has 0 aliphatic carbocycles. The second kappa shape index (κ2) is 6.58. The Morgan fingerprint density at radius 2 is 2.24 bits per heavy atom. The number of nitrogens with zero attached hydrogens (tertiary/aromatic N) is 3. The number of phenols is 1. The normalized spacial score (nSPS) is 9.86. The molecule has 0 saturated heterocycles. The number of carbonyl (C=O) groups is 1. The van der Waals surface area contributed by atoms with Crippen LogP contribution in [0.15, 0.2) is 35.6 Å². The van der Waals surface area contributed by atoms with Crippen LogP contribution in [0.1, 0.15) is 5.56 Å². The van der Waals surface area contributed by atoms with Crippen molar-refractivity contribution in [2.24, 2.45) is 0 Å². The Bertz CT molecular complexity index is 714. The van der Waals surface area contributed by atoms with E-state index in [2.05, 4.69) is 15.3 Å². The highest BCUT2D eigenvalue weighted by atomic mass is 32.2. The first kappa shape index (κ1) is 14.6. The minimum Gasteiger partial charge on any atom is -0.506 e. The van der Waals surface area contributed by atoms with Gasteiger partial charge in [-0.05, 0) is 12.1 Å². The lowest BCUT2D eigenvalue weighted by Gasteiger charge is -2.06. The van der Waals surface area contributed by atoms with Crippen molar-refractivity contribution in [1.29, 1.82) is 5.26 Å². The Kier molecular flexibility index (Phi) is 4.58. The summed E-state index contributed by atoms with van der Waals surface area (Å²) in [4.78, 5) is 19.6. The number of nitrogens with one attached hydrogen (secondary N) is 1. The molecular formula is C13H11N5O2S. The molecule has 0 fully saturated rings. The van der Waals surface area contributed by atoms with Gasteiger partial charge in [-0.2, -0.15) is 5.26 Å². The first-order chi connectivity index (χ1) is 10.1. The van der Waals surface area contributed by atoms with Gasteiger partial charge in [0.2, 0.25) is 5.91 Å². The van der Waals surface area contributed by atoms with Crippen LogP contribution in [-0.2, 0) is 4.79 Å². The highest BCUT2D eigenvalue weighted by molar-refractivity contribution is 7.99. The maximum Gasteiger partial charge on any atom is 0.234 e. The van der Waals surface area contributed by atoms with Crippen LogP contribution in [0.3, 0.4) is 0 Å². The molecule has 1 aromatic heterocycles. The number of anilines is 2. The second-order valence-electron chi connectivity index (χ2n) is 3.92. The molecule has 106 valence electrons. The number of para-hydroxylation sites is 2. The molecule has 1 amide bonds. The van der Waals surface area contributed by atoms with E-state index in [1.54, 1.807) is 18.2 Å². The van der Waals surface area contributed by atoms with E-state index in [1.165, 1.54) is 12.3 Å². The molecule has 0 aliphatic heterocycles. The van der Waals surface area contributed by atoms with Crippen molar-refractivity contribution in [2.45, 2.75) is 5.16 Å². The molecule has 1 aromatic carbocycles. The van der Waals surface area contributed by atoms with Crippen LogP contribution in [0.2, 0.25) is 0 Å². The zero-order chi connectivity index (χ0) is 15.2.